The molecule has 0 aliphatic rings. The van der Waals surface area contributed by atoms with Crippen molar-refractivity contribution < 1.29 is 4.52 Å². The lowest BCUT2D eigenvalue weighted by atomic mass is 10.2. The third-order valence-corrected chi connectivity index (χ3v) is 3.45. The van der Waals surface area contributed by atoms with Crippen LogP contribution < -0.4 is 5.32 Å². The van der Waals surface area contributed by atoms with Gasteiger partial charge in [0.05, 0.1) is 9.21 Å². The first-order chi connectivity index (χ1) is 7.69. The van der Waals surface area contributed by atoms with Crippen molar-refractivity contribution in [1.82, 2.24) is 15.5 Å². The molecular weight excluding hydrogens is 281 g/mol. The summed E-state index contributed by atoms with van der Waals surface area (Å²) in [5, 5.41) is 7.05. The summed E-state index contributed by atoms with van der Waals surface area (Å²) in [7, 11) is 1.91. The summed E-state index contributed by atoms with van der Waals surface area (Å²) in [5.74, 6) is 1.25. The summed E-state index contributed by atoms with van der Waals surface area (Å²) in [5.41, 5.74) is 0. The maximum Gasteiger partial charge on any atom is 0.268 e. The molecule has 0 saturated carbocycles. The van der Waals surface area contributed by atoms with Gasteiger partial charge in [-0.15, -0.1) is 23.7 Å². The Bertz CT molecular complexity index is 472. The lowest BCUT2D eigenvalue weighted by Crippen LogP contribution is -2.24. The number of rotatable bonds is 4. The van der Waals surface area contributed by atoms with Crippen molar-refractivity contribution in [2.75, 3.05) is 7.05 Å². The predicted molar refractivity (Wildman–Crippen MR) is 72.1 cm³/mol. The fourth-order valence-electron chi connectivity index (χ4n) is 1.24. The average molecular weight is 294 g/mol. The third-order valence-electron chi connectivity index (χ3n) is 2.23. The van der Waals surface area contributed by atoms with Gasteiger partial charge in [0, 0.05) is 12.5 Å². The van der Waals surface area contributed by atoms with Crippen LogP contribution in [0, 0.1) is 0 Å². The zero-order valence-corrected chi connectivity index (χ0v) is 11.8. The van der Waals surface area contributed by atoms with Crippen LogP contribution in [0.1, 0.15) is 12.7 Å². The minimum atomic E-state index is 0. The molecular formula is C10H13Cl2N3OS. The van der Waals surface area contributed by atoms with E-state index in [0.29, 0.717) is 17.8 Å². The Morgan fingerprint density at radius 2 is 2.29 bits per heavy atom. The molecule has 0 aromatic carbocycles. The highest BCUT2D eigenvalue weighted by Crippen LogP contribution is 2.29. The lowest BCUT2D eigenvalue weighted by Gasteiger charge is -2.04. The van der Waals surface area contributed by atoms with Gasteiger partial charge in [-0.05, 0) is 26.1 Å². The molecule has 1 atom stereocenters. The van der Waals surface area contributed by atoms with E-state index in [1.54, 1.807) is 0 Å². The zero-order valence-electron chi connectivity index (χ0n) is 9.44. The molecule has 1 unspecified atom stereocenters. The number of hydrogen-bond acceptors (Lipinski definition) is 5. The fraction of sp³-hybridized carbons (Fsp3) is 0.400. The van der Waals surface area contributed by atoms with Crippen LogP contribution in [0.2, 0.25) is 4.34 Å². The molecule has 1 N–H and O–H groups in total. The molecule has 2 aromatic rings. The Kier molecular flexibility index (Phi) is 5.39. The summed E-state index contributed by atoms with van der Waals surface area (Å²) in [6.07, 6.45) is 0.749. The van der Waals surface area contributed by atoms with E-state index in [9.17, 15) is 0 Å². The highest BCUT2D eigenvalue weighted by atomic mass is 35.5. The van der Waals surface area contributed by atoms with E-state index in [0.717, 1.165) is 15.6 Å². The van der Waals surface area contributed by atoms with Crippen LogP contribution in [0.4, 0.5) is 0 Å². The van der Waals surface area contributed by atoms with Crippen LogP contribution in [0.5, 0.6) is 0 Å². The third kappa shape index (κ3) is 3.67. The van der Waals surface area contributed by atoms with Crippen LogP contribution >= 0.6 is 35.3 Å². The molecule has 7 heteroatoms. The Morgan fingerprint density at radius 3 is 2.88 bits per heavy atom. The highest BCUT2D eigenvalue weighted by Gasteiger charge is 2.12. The summed E-state index contributed by atoms with van der Waals surface area (Å²) < 4.78 is 5.89. The molecule has 0 aliphatic heterocycles. The second kappa shape index (κ2) is 6.35. The Balaban J connectivity index is 0.00000144. The van der Waals surface area contributed by atoms with Gasteiger partial charge in [0.1, 0.15) is 0 Å². The fourth-order valence-corrected chi connectivity index (χ4v) is 2.21. The summed E-state index contributed by atoms with van der Waals surface area (Å²) >= 11 is 7.27. The molecule has 94 valence electrons. The standard InChI is InChI=1S/C10H12ClN3OS.ClH/c1-6(12-2)5-9-13-10(15-14-9)7-3-4-8(11)16-7;/h3-4,6,12H,5H2,1-2H3;1H. The number of nitrogens with one attached hydrogen (secondary N) is 1. The van der Waals surface area contributed by atoms with Crippen molar-refractivity contribution in [3.05, 3.63) is 22.3 Å². The van der Waals surface area contributed by atoms with Crippen molar-refractivity contribution in [3.63, 3.8) is 0 Å². The van der Waals surface area contributed by atoms with Crippen LogP contribution in [-0.2, 0) is 6.42 Å². The first-order valence-electron chi connectivity index (χ1n) is 4.94. The van der Waals surface area contributed by atoms with Gasteiger partial charge in [-0.2, -0.15) is 4.98 Å². The molecule has 0 spiro atoms. The summed E-state index contributed by atoms with van der Waals surface area (Å²) in [4.78, 5) is 5.22. The number of likely N-dealkylation sites (N-methyl/N-ethyl adjacent to an activating group) is 1. The Labute approximate surface area is 115 Å². The highest BCUT2D eigenvalue weighted by molar-refractivity contribution is 7.19. The van der Waals surface area contributed by atoms with Crippen LogP contribution in [0.15, 0.2) is 16.7 Å². The minimum absolute atomic E-state index is 0. The maximum atomic E-state index is 5.84. The second-order valence-corrected chi connectivity index (χ2v) is 5.23. The molecule has 0 radical (unpaired) electrons. The topological polar surface area (TPSA) is 51.0 Å². The molecule has 0 bridgehead atoms. The minimum Gasteiger partial charge on any atom is -0.333 e. The van der Waals surface area contributed by atoms with Gasteiger partial charge >= 0.3 is 0 Å². The van der Waals surface area contributed by atoms with E-state index in [-0.39, 0.29) is 12.4 Å². The first kappa shape index (κ1) is 14.4. The van der Waals surface area contributed by atoms with E-state index in [2.05, 4.69) is 22.4 Å². The van der Waals surface area contributed by atoms with Crippen LogP contribution in [0.25, 0.3) is 10.8 Å². The number of thiophene rings is 1. The van der Waals surface area contributed by atoms with Gasteiger partial charge in [-0.25, -0.2) is 0 Å². The van der Waals surface area contributed by atoms with Gasteiger partial charge in [0.2, 0.25) is 0 Å². The van der Waals surface area contributed by atoms with Gasteiger partial charge in [0.25, 0.3) is 5.89 Å². The van der Waals surface area contributed by atoms with E-state index in [4.69, 9.17) is 16.1 Å². The normalized spacial score (nSPS) is 12.2. The largest absolute Gasteiger partial charge is 0.333 e. The Hall–Kier alpha value is -0.620. The molecule has 0 aliphatic carbocycles. The van der Waals surface area contributed by atoms with Crippen molar-refractivity contribution in [3.8, 4) is 10.8 Å². The molecule has 17 heavy (non-hydrogen) atoms. The smallest absolute Gasteiger partial charge is 0.268 e. The summed E-state index contributed by atoms with van der Waals surface area (Å²) in [6.45, 7) is 2.07. The van der Waals surface area contributed by atoms with Gasteiger partial charge in [0.15, 0.2) is 5.82 Å². The van der Waals surface area contributed by atoms with Gasteiger partial charge in [-0.3, -0.25) is 0 Å². The van der Waals surface area contributed by atoms with Crippen molar-refractivity contribution in [2.24, 2.45) is 0 Å². The summed E-state index contributed by atoms with van der Waals surface area (Å²) in [6, 6.07) is 4.03. The van der Waals surface area contributed by atoms with Crippen molar-refractivity contribution in [2.45, 2.75) is 19.4 Å². The number of hydrogen-bond donors (Lipinski definition) is 1. The number of aromatic nitrogens is 2. The second-order valence-electron chi connectivity index (χ2n) is 3.51. The zero-order chi connectivity index (χ0) is 11.5. The first-order valence-corrected chi connectivity index (χ1v) is 6.14. The molecule has 0 saturated heterocycles. The SMILES string of the molecule is CNC(C)Cc1noc(-c2ccc(Cl)s2)n1.Cl. The molecule has 2 heterocycles. The van der Waals surface area contributed by atoms with Crippen LogP contribution in [-0.4, -0.2) is 23.2 Å². The van der Waals surface area contributed by atoms with E-state index in [1.165, 1.54) is 11.3 Å². The van der Waals surface area contributed by atoms with Gasteiger partial charge < -0.3 is 9.84 Å². The predicted octanol–water partition coefficient (Wildman–Crippen LogP) is 3.02. The molecule has 0 fully saturated rings. The number of halogens is 2. The maximum absolute atomic E-state index is 5.84. The van der Waals surface area contributed by atoms with Gasteiger partial charge in [-0.1, -0.05) is 16.8 Å². The van der Waals surface area contributed by atoms with E-state index < -0.39 is 0 Å². The number of nitrogens with zero attached hydrogens (tertiary/aromatic N) is 2. The van der Waals surface area contributed by atoms with E-state index >= 15 is 0 Å². The molecule has 4 nitrogen and oxygen atoms in total. The molecule has 0 amide bonds. The molecule has 2 rings (SSSR count). The average Bonchev–Trinajstić information content (AvgIpc) is 2.87. The van der Waals surface area contributed by atoms with Crippen LogP contribution in [0.3, 0.4) is 0 Å². The Morgan fingerprint density at radius 1 is 1.53 bits per heavy atom. The lowest BCUT2D eigenvalue weighted by molar-refractivity contribution is 0.419. The van der Waals surface area contributed by atoms with E-state index in [1.807, 2.05) is 19.2 Å². The van der Waals surface area contributed by atoms with Crippen molar-refractivity contribution in [1.29, 1.82) is 0 Å². The molecule has 2 aromatic heterocycles. The quantitative estimate of drug-likeness (QED) is 0.941. The monoisotopic (exact) mass is 293 g/mol. The van der Waals surface area contributed by atoms with Crippen molar-refractivity contribution >= 4 is 35.3 Å².